The maximum atomic E-state index is 10.7. The lowest BCUT2D eigenvalue weighted by Crippen LogP contribution is -2.35. The summed E-state index contributed by atoms with van der Waals surface area (Å²) < 4.78 is 27.5. The van der Waals surface area contributed by atoms with E-state index in [2.05, 4.69) is 4.90 Å². The lowest BCUT2D eigenvalue weighted by molar-refractivity contribution is 0.0604. The quantitative estimate of drug-likeness (QED) is 0.428. The first-order valence-electron chi connectivity index (χ1n) is 10.1. The number of halogens is 1. The average Bonchev–Trinajstić information content (AvgIpc) is 3.30. The van der Waals surface area contributed by atoms with Gasteiger partial charge in [0.05, 0.1) is 39.2 Å². The third-order valence-corrected chi connectivity index (χ3v) is 5.14. The summed E-state index contributed by atoms with van der Waals surface area (Å²) in [5, 5.41) is 11.2. The molecule has 2 aromatic carbocycles. The Hall–Kier alpha value is -2.87. The molecule has 3 rings (SSSR count). The van der Waals surface area contributed by atoms with Crippen LogP contribution in [0.25, 0.3) is 0 Å². The Kier molecular flexibility index (Phi) is 8.67. The molecule has 1 N–H and O–H groups in total. The molecule has 0 aliphatic heterocycles. The SMILES string of the molecule is COc1cc(CN(Cc2ccco2)CC(O)COc2ccccc2Cl)cc(OC)c1OC. The average molecular weight is 462 g/mol. The standard InChI is InChI=1S/C24H28ClNO6/c1-28-22-11-17(12-23(29-2)24(22)30-3)13-26(15-19-7-6-10-31-19)14-18(27)16-32-21-9-5-4-8-20(21)25/h4-12,18,27H,13-16H2,1-3H3. The summed E-state index contributed by atoms with van der Waals surface area (Å²) in [6.07, 6.45) is 0.882. The summed E-state index contributed by atoms with van der Waals surface area (Å²) >= 11 is 6.13. The fraction of sp³-hybridized carbons (Fsp3) is 0.333. The number of benzene rings is 2. The number of rotatable bonds is 12. The van der Waals surface area contributed by atoms with Gasteiger partial charge < -0.3 is 28.5 Å². The molecule has 1 atom stereocenters. The second-order valence-corrected chi connectivity index (χ2v) is 7.59. The van der Waals surface area contributed by atoms with E-state index in [0.29, 0.717) is 47.7 Å². The molecular weight excluding hydrogens is 434 g/mol. The van der Waals surface area contributed by atoms with Crippen molar-refractivity contribution in [1.29, 1.82) is 0 Å². The van der Waals surface area contributed by atoms with Gasteiger partial charge in [-0.1, -0.05) is 23.7 Å². The van der Waals surface area contributed by atoms with Gasteiger partial charge in [0.15, 0.2) is 11.5 Å². The lowest BCUT2D eigenvalue weighted by Gasteiger charge is -2.25. The highest BCUT2D eigenvalue weighted by atomic mass is 35.5. The van der Waals surface area contributed by atoms with Crippen molar-refractivity contribution in [2.24, 2.45) is 0 Å². The second kappa shape index (κ2) is 11.7. The first-order valence-corrected chi connectivity index (χ1v) is 10.5. The Morgan fingerprint density at radius 3 is 2.25 bits per heavy atom. The van der Waals surface area contributed by atoms with E-state index in [0.717, 1.165) is 11.3 Å². The molecule has 1 heterocycles. The van der Waals surface area contributed by atoms with Gasteiger partial charge in [0.2, 0.25) is 5.75 Å². The van der Waals surface area contributed by atoms with Gasteiger partial charge in [0.25, 0.3) is 0 Å². The number of ether oxygens (including phenoxy) is 4. The molecule has 0 spiro atoms. The highest BCUT2D eigenvalue weighted by Crippen LogP contribution is 2.38. The Morgan fingerprint density at radius 1 is 0.938 bits per heavy atom. The van der Waals surface area contributed by atoms with Gasteiger partial charge in [-0.05, 0) is 42.0 Å². The molecule has 7 nitrogen and oxygen atoms in total. The second-order valence-electron chi connectivity index (χ2n) is 7.18. The minimum absolute atomic E-state index is 0.105. The zero-order valence-corrected chi connectivity index (χ0v) is 19.2. The number of methoxy groups -OCH3 is 3. The van der Waals surface area contributed by atoms with Crippen LogP contribution < -0.4 is 18.9 Å². The molecule has 0 radical (unpaired) electrons. The molecular formula is C24H28ClNO6. The number of nitrogens with zero attached hydrogens (tertiary/aromatic N) is 1. The van der Waals surface area contributed by atoms with Crippen LogP contribution in [-0.4, -0.2) is 50.6 Å². The van der Waals surface area contributed by atoms with Crippen molar-refractivity contribution in [3.8, 4) is 23.0 Å². The fourth-order valence-electron chi connectivity index (χ4n) is 3.39. The molecule has 1 aromatic heterocycles. The van der Waals surface area contributed by atoms with Crippen molar-refractivity contribution in [2.45, 2.75) is 19.2 Å². The van der Waals surface area contributed by atoms with E-state index in [-0.39, 0.29) is 6.61 Å². The van der Waals surface area contributed by atoms with Gasteiger partial charge in [0, 0.05) is 13.1 Å². The monoisotopic (exact) mass is 461 g/mol. The van der Waals surface area contributed by atoms with Crippen molar-refractivity contribution in [2.75, 3.05) is 34.5 Å². The van der Waals surface area contributed by atoms with E-state index in [1.807, 2.05) is 36.4 Å². The van der Waals surface area contributed by atoms with Crippen molar-refractivity contribution in [3.63, 3.8) is 0 Å². The van der Waals surface area contributed by atoms with E-state index < -0.39 is 6.10 Å². The molecule has 8 heteroatoms. The number of para-hydroxylation sites is 1. The van der Waals surface area contributed by atoms with E-state index in [1.54, 1.807) is 39.7 Å². The number of hydrogen-bond acceptors (Lipinski definition) is 7. The lowest BCUT2D eigenvalue weighted by atomic mass is 10.1. The van der Waals surface area contributed by atoms with E-state index in [1.165, 1.54) is 0 Å². The molecule has 0 aliphatic carbocycles. The molecule has 0 aliphatic rings. The van der Waals surface area contributed by atoms with Gasteiger partial charge in [-0.3, -0.25) is 4.90 Å². The topological polar surface area (TPSA) is 73.5 Å². The van der Waals surface area contributed by atoms with Crippen molar-refractivity contribution >= 4 is 11.6 Å². The minimum atomic E-state index is -0.747. The van der Waals surface area contributed by atoms with Crippen molar-refractivity contribution < 1.29 is 28.5 Å². The zero-order chi connectivity index (χ0) is 22.9. The van der Waals surface area contributed by atoms with Crippen LogP contribution in [0.4, 0.5) is 0 Å². The molecule has 172 valence electrons. The first kappa shape index (κ1) is 23.8. The summed E-state index contributed by atoms with van der Waals surface area (Å²) in [7, 11) is 4.73. The highest BCUT2D eigenvalue weighted by molar-refractivity contribution is 6.32. The minimum Gasteiger partial charge on any atom is -0.493 e. The van der Waals surface area contributed by atoms with E-state index >= 15 is 0 Å². The number of hydrogen-bond donors (Lipinski definition) is 1. The smallest absolute Gasteiger partial charge is 0.203 e. The van der Waals surface area contributed by atoms with E-state index in [9.17, 15) is 5.11 Å². The van der Waals surface area contributed by atoms with Crippen molar-refractivity contribution in [3.05, 3.63) is 71.1 Å². The van der Waals surface area contributed by atoms with Gasteiger partial charge in [-0.2, -0.15) is 0 Å². The molecule has 3 aromatic rings. The number of furan rings is 1. The molecule has 0 bridgehead atoms. The van der Waals surface area contributed by atoms with Gasteiger partial charge in [-0.25, -0.2) is 0 Å². The summed E-state index contributed by atoms with van der Waals surface area (Å²) in [6.45, 7) is 1.48. The van der Waals surface area contributed by atoms with Crippen LogP contribution in [0.3, 0.4) is 0 Å². The highest BCUT2D eigenvalue weighted by Gasteiger charge is 2.19. The molecule has 1 unspecified atom stereocenters. The summed E-state index contributed by atoms with van der Waals surface area (Å²) in [5.74, 6) is 3.00. The van der Waals surface area contributed by atoms with Gasteiger partial charge >= 0.3 is 0 Å². The number of aliphatic hydroxyl groups is 1. The summed E-state index contributed by atoms with van der Waals surface area (Å²) in [5.41, 5.74) is 0.935. The van der Waals surface area contributed by atoms with Gasteiger partial charge in [0.1, 0.15) is 24.2 Å². The predicted molar refractivity (Wildman–Crippen MR) is 122 cm³/mol. The molecule has 32 heavy (non-hydrogen) atoms. The van der Waals surface area contributed by atoms with Crippen LogP contribution in [0.15, 0.2) is 59.2 Å². The fourth-order valence-corrected chi connectivity index (χ4v) is 3.58. The Bertz CT molecular complexity index is 953. The van der Waals surface area contributed by atoms with Crippen molar-refractivity contribution in [1.82, 2.24) is 4.90 Å². The normalized spacial score (nSPS) is 11.9. The Morgan fingerprint density at radius 2 is 1.66 bits per heavy atom. The predicted octanol–water partition coefficient (Wildman–Crippen LogP) is 4.40. The van der Waals surface area contributed by atoms with Crippen LogP contribution in [0.1, 0.15) is 11.3 Å². The maximum Gasteiger partial charge on any atom is 0.203 e. The van der Waals surface area contributed by atoms with Crippen LogP contribution in [0.5, 0.6) is 23.0 Å². The van der Waals surface area contributed by atoms with Crippen LogP contribution in [0.2, 0.25) is 5.02 Å². The third-order valence-electron chi connectivity index (χ3n) is 4.83. The third kappa shape index (κ3) is 6.32. The Balaban J connectivity index is 1.73. The van der Waals surface area contributed by atoms with Crippen LogP contribution in [-0.2, 0) is 13.1 Å². The summed E-state index contributed by atoms with van der Waals surface area (Å²) in [4.78, 5) is 2.06. The van der Waals surface area contributed by atoms with E-state index in [4.69, 9.17) is 35.0 Å². The van der Waals surface area contributed by atoms with Gasteiger partial charge in [-0.15, -0.1) is 0 Å². The van der Waals surface area contributed by atoms with Crippen LogP contribution >= 0.6 is 11.6 Å². The largest absolute Gasteiger partial charge is 0.493 e. The zero-order valence-electron chi connectivity index (χ0n) is 18.4. The first-order chi connectivity index (χ1) is 15.5. The maximum absolute atomic E-state index is 10.7. The molecule has 0 saturated heterocycles. The Labute approximate surface area is 193 Å². The van der Waals surface area contributed by atoms with Crippen LogP contribution in [0, 0.1) is 0 Å². The molecule has 0 amide bonds. The number of aliphatic hydroxyl groups excluding tert-OH is 1. The summed E-state index contributed by atoms with van der Waals surface area (Å²) in [6, 6.07) is 14.7. The molecule has 0 saturated carbocycles. The molecule has 0 fully saturated rings.